The first-order chi connectivity index (χ1) is 14.8. The van der Waals surface area contributed by atoms with Gasteiger partial charge in [-0.05, 0) is 42.8 Å². The lowest BCUT2D eigenvalue weighted by molar-refractivity contribution is -0.139. The third kappa shape index (κ3) is 4.29. The number of carboxylic acid groups (broad SMARTS) is 1. The van der Waals surface area contributed by atoms with Crippen LogP contribution in [0.4, 0.5) is 13.2 Å². The molecule has 0 fully saturated rings. The summed E-state index contributed by atoms with van der Waals surface area (Å²) in [7, 11) is 1.14. The first-order valence-electron chi connectivity index (χ1n) is 9.59. The minimum atomic E-state index is -4.59. The van der Waals surface area contributed by atoms with Gasteiger partial charge in [0.05, 0.1) is 19.6 Å². The Morgan fingerprint density at radius 1 is 1.32 bits per heavy atom. The van der Waals surface area contributed by atoms with Gasteiger partial charge in [0.15, 0.2) is 0 Å². The summed E-state index contributed by atoms with van der Waals surface area (Å²) >= 11 is 0. The number of pyridine rings is 1. The van der Waals surface area contributed by atoms with Crippen molar-refractivity contribution in [2.45, 2.75) is 31.7 Å². The van der Waals surface area contributed by atoms with Crippen molar-refractivity contribution in [3.8, 4) is 11.6 Å². The second kappa shape index (κ2) is 8.10. The van der Waals surface area contributed by atoms with Crippen LogP contribution >= 0.6 is 0 Å². The van der Waals surface area contributed by atoms with Crippen LogP contribution in [0.25, 0.3) is 10.9 Å². The summed E-state index contributed by atoms with van der Waals surface area (Å²) in [5.74, 6) is -0.882. The molecule has 4 rings (SSSR count). The molecule has 1 aliphatic rings. The quantitative estimate of drug-likeness (QED) is 0.545. The van der Waals surface area contributed by atoms with Gasteiger partial charge in [0.1, 0.15) is 17.9 Å². The highest BCUT2D eigenvalue weighted by atomic mass is 19.4. The number of nitrogens with zero attached hydrogens (tertiary/aromatic N) is 1. The smallest absolute Gasteiger partial charge is 0.421 e. The Kier molecular flexibility index (Phi) is 5.48. The second-order valence-corrected chi connectivity index (χ2v) is 7.27. The Bertz CT molecular complexity index is 1130. The zero-order valence-electron chi connectivity index (χ0n) is 16.5. The minimum absolute atomic E-state index is 0.0326. The molecule has 3 N–H and O–H groups in total. The van der Waals surface area contributed by atoms with Gasteiger partial charge >= 0.3 is 12.1 Å². The summed E-state index contributed by atoms with van der Waals surface area (Å²) in [6, 6.07) is 6.00. The van der Waals surface area contributed by atoms with Gasteiger partial charge in [-0.3, -0.25) is 4.79 Å². The highest BCUT2D eigenvalue weighted by molar-refractivity contribution is 5.86. The third-order valence-electron chi connectivity index (χ3n) is 5.22. The van der Waals surface area contributed by atoms with Gasteiger partial charge in [0.2, 0.25) is 5.88 Å². The molecule has 10 heteroatoms. The maximum Gasteiger partial charge on any atom is 0.421 e. The number of hydrogen-bond acceptors (Lipinski definition) is 5. The Balaban J connectivity index is 1.57. The molecule has 3 aromatic rings. The molecule has 2 aromatic heterocycles. The van der Waals surface area contributed by atoms with E-state index in [0.29, 0.717) is 12.3 Å². The number of aromatic nitrogens is 2. The van der Waals surface area contributed by atoms with Crippen LogP contribution in [-0.2, 0) is 24.0 Å². The monoisotopic (exact) mass is 435 g/mol. The predicted molar refractivity (Wildman–Crippen MR) is 105 cm³/mol. The van der Waals surface area contributed by atoms with E-state index in [9.17, 15) is 18.0 Å². The molecule has 1 aromatic carbocycles. The van der Waals surface area contributed by atoms with Crippen molar-refractivity contribution in [1.82, 2.24) is 15.3 Å². The summed E-state index contributed by atoms with van der Waals surface area (Å²) < 4.78 is 50.0. The molecule has 0 saturated heterocycles. The van der Waals surface area contributed by atoms with Crippen molar-refractivity contribution in [2.24, 2.45) is 0 Å². The van der Waals surface area contributed by atoms with Crippen molar-refractivity contribution >= 4 is 16.9 Å². The van der Waals surface area contributed by atoms with E-state index in [1.165, 1.54) is 6.20 Å². The van der Waals surface area contributed by atoms with Gasteiger partial charge in [-0.15, -0.1) is 0 Å². The fourth-order valence-electron chi connectivity index (χ4n) is 3.83. The van der Waals surface area contributed by atoms with Crippen molar-refractivity contribution in [3.63, 3.8) is 0 Å². The average molecular weight is 435 g/mol. The van der Waals surface area contributed by atoms with E-state index >= 15 is 0 Å². The van der Waals surface area contributed by atoms with Gasteiger partial charge in [0.25, 0.3) is 0 Å². The molecule has 0 amide bonds. The second-order valence-electron chi connectivity index (χ2n) is 7.27. The molecule has 0 aliphatic carbocycles. The Morgan fingerprint density at radius 3 is 2.84 bits per heavy atom. The molecular formula is C21H20F3N3O4. The molecule has 0 saturated carbocycles. The molecule has 3 heterocycles. The summed E-state index contributed by atoms with van der Waals surface area (Å²) in [5.41, 5.74) is 2.02. The van der Waals surface area contributed by atoms with E-state index in [1.807, 2.05) is 12.1 Å². The number of aromatic amines is 1. The molecule has 0 bridgehead atoms. The largest absolute Gasteiger partial charge is 0.489 e. The van der Waals surface area contributed by atoms with Gasteiger partial charge in [0, 0.05) is 28.4 Å². The third-order valence-corrected chi connectivity index (χ3v) is 5.22. The van der Waals surface area contributed by atoms with Crippen LogP contribution in [0.2, 0.25) is 0 Å². The number of alkyl halides is 3. The van der Waals surface area contributed by atoms with E-state index in [2.05, 4.69) is 15.3 Å². The Labute approximate surface area is 175 Å². The zero-order chi connectivity index (χ0) is 22.2. The zero-order valence-corrected chi connectivity index (χ0v) is 16.5. The van der Waals surface area contributed by atoms with Crippen LogP contribution < -0.4 is 14.8 Å². The summed E-state index contributed by atoms with van der Waals surface area (Å²) in [4.78, 5) is 18.1. The van der Waals surface area contributed by atoms with E-state index in [4.69, 9.17) is 14.6 Å². The predicted octanol–water partition coefficient (Wildman–Crippen LogP) is 3.83. The van der Waals surface area contributed by atoms with Crippen LogP contribution in [0.15, 0.2) is 30.5 Å². The molecule has 0 spiro atoms. The number of carbonyl (C=O) groups is 1. The Morgan fingerprint density at radius 2 is 2.13 bits per heavy atom. The number of fused-ring (bicyclic) bond motifs is 3. The molecule has 0 radical (unpaired) electrons. The normalized spacial score (nSPS) is 16.2. The van der Waals surface area contributed by atoms with E-state index in [1.54, 1.807) is 6.07 Å². The van der Waals surface area contributed by atoms with E-state index in [0.717, 1.165) is 41.8 Å². The van der Waals surface area contributed by atoms with Gasteiger partial charge in [-0.2, -0.15) is 13.2 Å². The Hall–Kier alpha value is -3.27. The summed E-state index contributed by atoms with van der Waals surface area (Å²) in [6.07, 6.45) is -2.60. The van der Waals surface area contributed by atoms with Crippen molar-refractivity contribution in [1.29, 1.82) is 0 Å². The molecule has 1 atom stereocenters. The number of hydrogen-bond donors (Lipinski definition) is 3. The highest BCUT2D eigenvalue weighted by Crippen LogP contribution is 2.36. The minimum Gasteiger partial charge on any atom is -0.489 e. The van der Waals surface area contributed by atoms with Gasteiger partial charge in [-0.25, -0.2) is 4.98 Å². The average Bonchev–Trinajstić information content (AvgIpc) is 3.10. The maximum atomic E-state index is 13.2. The number of benzene rings is 1. The SMILES string of the molecule is COc1ncc(COc2ccc3[nH]c4c(c3c2)CCNC4CC(=O)O)cc1C(F)(F)F. The molecule has 1 unspecified atom stereocenters. The number of H-pyrrole nitrogens is 1. The molecular weight excluding hydrogens is 415 g/mol. The molecule has 164 valence electrons. The molecule has 1 aliphatic heterocycles. The number of ether oxygens (including phenoxy) is 2. The summed E-state index contributed by atoms with van der Waals surface area (Å²) in [6.45, 7) is 0.558. The van der Waals surface area contributed by atoms with Crippen LogP contribution in [0.1, 0.15) is 34.8 Å². The fraction of sp³-hybridized carbons (Fsp3) is 0.333. The standard InChI is InChI=1S/C21H20F3N3O4/c1-30-20-15(21(22,23)24)6-11(9-26-20)10-31-12-2-3-16-14(7-12)13-4-5-25-17(8-18(28)29)19(13)27-16/h2-3,6-7,9,17,25,27H,4-5,8,10H2,1H3,(H,28,29). The first-order valence-corrected chi connectivity index (χ1v) is 9.59. The molecule has 7 nitrogen and oxygen atoms in total. The number of aliphatic carboxylic acids is 1. The number of carboxylic acids is 1. The number of nitrogens with one attached hydrogen (secondary N) is 2. The molecule has 31 heavy (non-hydrogen) atoms. The van der Waals surface area contributed by atoms with Crippen LogP contribution in [-0.4, -0.2) is 34.7 Å². The van der Waals surface area contributed by atoms with E-state index < -0.39 is 23.6 Å². The number of halogens is 3. The number of rotatable bonds is 6. The topological polar surface area (TPSA) is 96.5 Å². The highest BCUT2D eigenvalue weighted by Gasteiger charge is 2.35. The first kappa shape index (κ1) is 21.0. The van der Waals surface area contributed by atoms with Gasteiger partial charge in [-0.1, -0.05) is 0 Å². The fourth-order valence-corrected chi connectivity index (χ4v) is 3.83. The van der Waals surface area contributed by atoms with Gasteiger partial charge < -0.3 is 24.9 Å². The van der Waals surface area contributed by atoms with Crippen LogP contribution in [0.3, 0.4) is 0 Å². The maximum absolute atomic E-state index is 13.2. The van der Waals surface area contributed by atoms with Crippen LogP contribution in [0.5, 0.6) is 11.6 Å². The lowest BCUT2D eigenvalue weighted by atomic mass is 9.97. The van der Waals surface area contributed by atoms with Crippen molar-refractivity contribution in [3.05, 3.63) is 52.8 Å². The van der Waals surface area contributed by atoms with E-state index in [-0.39, 0.29) is 24.6 Å². The van der Waals surface area contributed by atoms with Crippen LogP contribution in [0, 0.1) is 0 Å². The van der Waals surface area contributed by atoms with Crippen molar-refractivity contribution in [2.75, 3.05) is 13.7 Å². The van der Waals surface area contributed by atoms with Crippen molar-refractivity contribution < 1.29 is 32.5 Å². The summed E-state index contributed by atoms with van der Waals surface area (Å²) in [5, 5.41) is 13.2. The lowest BCUT2D eigenvalue weighted by Gasteiger charge is -2.22. The lowest BCUT2D eigenvalue weighted by Crippen LogP contribution is -2.31. The number of methoxy groups -OCH3 is 1.